The lowest BCUT2D eigenvalue weighted by Crippen LogP contribution is -2.44. The Balaban J connectivity index is 2.38. The molecule has 0 aromatic carbocycles. The maximum Gasteiger partial charge on any atom is 0.237 e. The molecular formula is C10H20N2O. The number of carbonyl (C=O) groups excluding carboxylic acids is 1. The number of carbonyl (C=O) groups is 1. The van der Waals surface area contributed by atoms with E-state index >= 15 is 0 Å². The van der Waals surface area contributed by atoms with Gasteiger partial charge < -0.3 is 5.32 Å². The minimum absolute atomic E-state index is 0.119. The van der Waals surface area contributed by atoms with E-state index in [-0.39, 0.29) is 11.9 Å². The third kappa shape index (κ3) is 2.69. The highest BCUT2D eigenvalue weighted by molar-refractivity contribution is 5.82. The van der Waals surface area contributed by atoms with Gasteiger partial charge in [-0.1, -0.05) is 6.92 Å². The second kappa shape index (κ2) is 4.61. The Morgan fingerprint density at radius 3 is 2.85 bits per heavy atom. The normalized spacial score (nSPS) is 25.9. The zero-order valence-electron chi connectivity index (χ0n) is 8.84. The van der Waals surface area contributed by atoms with E-state index in [0.717, 1.165) is 25.8 Å². The van der Waals surface area contributed by atoms with Gasteiger partial charge in [0.05, 0.1) is 6.04 Å². The Bertz CT molecular complexity index is 182. The van der Waals surface area contributed by atoms with Crippen molar-refractivity contribution in [2.24, 2.45) is 0 Å². The molecule has 1 heterocycles. The van der Waals surface area contributed by atoms with Gasteiger partial charge >= 0.3 is 0 Å². The van der Waals surface area contributed by atoms with Crippen molar-refractivity contribution >= 4 is 5.91 Å². The molecule has 1 saturated heterocycles. The summed E-state index contributed by atoms with van der Waals surface area (Å²) in [6.45, 7) is 5.19. The number of rotatable bonds is 3. The third-order valence-electron chi connectivity index (χ3n) is 2.82. The summed E-state index contributed by atoms with van der Waals surface area (Å²) in [4.78, 5) is 13.8. The van der Waals surface area contributed by atoms with Crippen molar-refractivity contribution in [2.75, 3.05) is 13.6 Å². The summed E-state index contributed by atoms with van der Waals surface area (Å²) in [5, 5.41) is 3.02. The Hall–Kier alpha value is -0.570. The standard InChI is InChI=1S/C10H20N2O/c1-4-8(2)11-10(13)9-6-5-7-12(9)3/h8-9H,4-7H2,1-3H3,(H,11,13). The summed E-state index contributed by atoms with van der Waals surface area (Å²) in [5.41, 5.74) is 0. The molecular weight excluding hydrogens is 164 g/mol. The van der Waals surface area contributed by atoms with Gasteiger partial charge in [0.15, 0.2) is 0 Å². The predicted molar refractivity (Wildman–Crippen MR) is 53.5 cm³/mol. The van der Waals surface area contributed by atoms with E-state index in [1.165, 1.54) is 0 Å². The summed E-state index contributed by atoms with van der Waals surface area (Å²) in [6, 6.07) is 0.426. The highest BCUT2D eigenvalue weighted by Gasteiger charge is 2.27. The van der Waals surface area contributed by atoms with Gasteiger partial charge in [-0.05, 0) is 39.8 Å². The van der Waals surface area contributed by atoms with Crippen LogP contribution in [0, 0.1) is 0 Å². The molecule has 1 amide bonds. The topological polar surface area (TPSA) is 32.3 Å². The number of hydrogen-bond acceptors (Lipinski definition) is 2. The molecule has 0 bridgehead atoms. The molecule has 0 spiro atoms. The molecule has 3 nitrogen and oxygen atoms in total. The summed E-state index contributed by atoms with van der Waals surface area (Å²) < 4.78 is 0. The molecule has 0 aromatic rings. The largest absolute Gasteiger partial charge is 0.352 e. The SMILES string of the molecule is CCC(C)NC(=O)C1CCCN1C. The number of hydrogen-bond donors (Lipinski definition) is 1. The molecule has 0 aliphatic carbocycles. The lowest BCUT2D eigenvalue weighted by Gasteiger charge is -2.21. The first-order valence-electron chi connectivity index (χ1n) is 5.15. The van der Waals surface area contributed by atoms with E-state index in [2.05, 4.69) is 17.1 Å². The first kappa shape index (κ1) is 10.5. The van der Waals surface area contributed by atoms with Crippen molar-refractivity contribution in [1.82, 2.24) is 10.2 Å². The van der Waals surface area contributed by atoms with E-state index < -0.39 is 0 Å². The fraction of sp³-hybridized carbons (Fsp3) is 0.900. The van der Waals surface area contributed by atoms with Crippen LogP contribution in [0.15, 0.2) is 0 Å². The fourth-order valence-corrected chi connectivity index (χ4v) is 1.68. The van der Waals surface area contributed by atoms with Crippen LogP contribution in [0.1, 0.15) is 33.1 Å². The maximum absolute atomic E-state index is 11.7. The molecule has 0 aromatic heterocycles. The monoisotopic (exact) mass is 184 g/mol. The first-order valence-corrected chi connectivity index (χ1v) is 5.15. The Kier molecular flexibility index (Phi) is 3.72. The average molecular weight is 184 g/mol. The lowest BCUT2D eigenvalue weighted by molar-refractivity contribution is -0.125. The van der Waals surface area contributed by atoms with Crippen molar-refractivity contribution in [1.29, 1.82) is 0 Å². The van der Waals surface area contributed by atoms with E-state index in [1.54, 1.807) is 0 Å². The summed E-state index contributed by atoms with van der Waals surface area (Å²) in [5.74, 6) is 0.203. The minimum Gasteiger partial charge on any atom is -0.352 e. The highest BCUT2D eigenvalue weighted by atomic mass is 16.2. The van der Waals surface area contributed by atoms with Gasteiger partial charge in [0.2, 0.25) is 5.91 Å². The minimum atomic E-state index is 0.119. The number of likely N-dealkylation sites (tertiary alicyclic amines) is 1. The van der Waals surface area contributed by atoms with Crippen LogP contribution in [0.2, 0.25) is 0 Å². The van der Waals surface area contributed by atoms with Crippen molar-refractivity contribution in [3.63, 3.8) is 0 Å². The second-order valence-corrected chi connectivity index (χ2v) is 3.96. The number of nitrogens with zero attached hydrogens (tertiary/aromatic N) is 1. The average Bonchev–Trinajstić information content (AvgIpc) is 2.51. The van der Waals surface area contributed by atoms with Crippen LogP contribution in [-0.4, -0.2) is 36.5 Å². The van der Waals surface area contributed by atoms with Crippen LogP contribution in [0.3, 0.4) is 0 Å². The van der Waals surface area contributed by atoms with Gasteiger partial charge in [-0.3, -0.25) is 9.69 Å². The number of amides is 1. The molecule has 2 atom stereocenters. The van der Waals surface area contributed by atoms with E-state index in [4.69, 9.17) is 0 Å². The van der Waals surface area contributed by atoms with Crippen LogP contribution in [0.25, 0.3) is 0 Å². The smallest absolute Gasteiger partial charge is 0.237 e. The quantitative estimate of drug-likeness (QED) is 0.709. The molecule has 0 radical (unpaired) electrons. The van der Waals surface area contributed by atoms with Crippen molar-refractivity contribution in [3.8, 4) is 0 Å². The van der Waals surface area contributed by atoms with Crippen LogP contribution >= 0.6 is 0 Å². The molecule has 1 N–H and O–H groups in total. The van der Waals surface area contributed by atoms with E-state index in [1.807, 2.05) is 14.0 Å². The van der Waals surface area contributed by atoms with Crippen LogP contribution in [-0.2, 0) is 4.79 Å². The number of likely N-dealkylation sites (N-methyl/N-ethyl adjacent to an activating group) is 1. The molecule has 13 heavy (non-hydrogen) atoms. The van der Waals surface area contributed by atoms with E-state index in [9.17, 15) is 4.79 Å². The van der Waals surface area contributed by atoms with Crippen molar-refractivity contribution in [3.05, 3.63) is 0 Å². The Labute approximate surface area is 80.5 Å². The summed E-state index contributed by atoms with van der Waals surface area (Å²) in [6.07, 6.45) is 3.16. The zero-order valence-corrected chi connectivity index (χ0v) is 8.84. The van der Waals surface area contributed by atoms with Gasteiger partial charge in [0, 0.05) is 6.04 Å². The first-order chi connectivity index (χ1) is 6.15. The van der Waals surface area contributed by atoms with Gasteiger partial charge in [-0.25, -0.2) is 0 Å². The van der Waals surface area contributed by atoms with Gasteiger partial charge in [0.25, 0.3) is 0 Å². The Morgan fingerprint density at radius 1 is 1.69 bits per heavy atom. The van der Waals surface area contributed by atoms with Crippen LogP contribution in [0.4, 0.5) is 0 Å². The Morgan fingerprint density at radius 2 is 2.38 bits per heavy atom. The second-order valence-electron chi connectivity index (χ2n) is 3.96. The summed E-state index contributed by atoms with van der Waals surface area (Å²) >= 11 is 0. The lowest BCUT2D eigenvalue weighted by atomic mass is 10.2. The molecule has 1 fully saturated rings. The molecule has 76 valence electrons. The molecule has 1 rings (SSSR count). The molecule has 1 aliphatic heterocycles. The van der Waals surface area contributed by atoms with Crippen molar-refractivity contribution < 1.29 is 4.79 Å². The molecule has 1 aliphatic rings. The molecule has 2 unspecified atom stereocenters. The van der Waals surface area contributed by atoms with Crippen molar-refractivity contribution in [2.45, 2.75) is 45.2 Å². The zero-order chi connectivity index (χ0) is 9.84. The molecule has 3 heteroatoms. The van der Waals surface area contributed by atoms with Crippen LogP contribution in [0.5, 0.6) is 0 Å². The third-order valence-corrected chi connectivity index (χ3v) is 2.82. The highest BCUT2D eigenvalue weighted by Crippen LogP contribution is 2.14. The fourth-order valence-electron chi connectivity index (χ4n) is 1.68. The predicted octanol–water partition coefficient (Wildman–Crippen LogP) is 0.995. The van der Waals surface area contributed by atoms with E-state index in [0.29, 0.717) is 6.04 Å². The van der Waals surface area contributed by atoms with Gasteiger partial charge in [-0.15, -0.1) is 0 Å². The number of nitrogens with one attached hydrogen (secondary N) is 1. The summed E-state index contributed by atoms with van der Waals surface area (Å²) in [7, 11) is 2.02. The van der Waals surface area contributed by atoms with Gasteiger partial charge in [0.1, 0.15) is 0 Å². The van der Waals surface area contributed by atoms with Crippen LogP contribution < -0.4 is 5.32 Å². The van der Waals surface area contributed by atoms with Gasteiger partial charge in [-0.2, -0.15) is 0 Å². The molecule has 0 saturated carbocycles. The maximum atomic E-state index is 11.7.